The second-order valence-corrected chi connectivity index (χ2v) is 21.9. The summed E-state index contributed by atoms with van der Waals surface area (Å²) in [4.78, 5) is 63.2. The van der Waals surface area contributed by atoms with Crippen molar-refractivity contribution in [2.24, 2.45) is 11.3 Å². The highest BCUT2D eigenvalue weighted by atomic mass is 127. The predicted octanol–water partition coefficient (Wildman–Crippen LogP) is 11.8. The first kappa shape index (κ1) is 56.7. The Morgan fingerprint density at radius 1 is 0.914 bits per heavy atom. The van der Waals surface area contributed by atoms with E-state index in [1.807, 2.05) is 87.0 Å². The highest BCUT2D eigenvalue weighted by Crippen LogP contribution is 2.35. The lowest BCUT2D eigenvalue weighted by atomic mass is 9.76. The topological polar surface area (TPSA) is 141 Å². The normalized spacial score (nSPS) is 15.9. The number of aromatic nitrogens is 1. The molecule has 0 radical (unpaired) electrons. The van der Waals surface area contributed by atoms with Crippen molar-refractivity contribution in [3.63, 3.8) is 0 Å². The molecule has 2 amide bonds. The smallest absolute Gasteiger partial charge is 0.243 e. The number of hydrogen-bond acceptors (Lipinski definition) is 10. The van der Waals surface area contributed by atoms with Gasteiger partial charge in [0.25, 0.3) is 0 Å². The van der Waals surface area contributed by atoms with Gasteiger partial charge in [-0.3, -0.25) is 19.2 Å². The van der Waals surface area contributed by atoms with Gasteiger partial charge in [0.15, 0.2) is 17.4 Å². The van der Waals surface area contributed by atoms with Crippen LogP contribution >= 0.6 is 33.9 Å². The monoisotopic (exact) mass is 1100 g/mol. The molecule has 0 spiro atoms. The van der Waals surface area contributed by atoms with Crippen LogP contribution in [0.15, 0.2) is 60.1 Å². The Labute approximate surface area is 429 Å². The van der Waals surface area contributed by atoms with Crippen LogP contribution in [0.3, 0.4) is 0 Å². The van der Waals surface area contributed by atoms with Crippen molar-refractivity contribution in [3.8, 4) is 10.4 Å². The molecular formula is C54H71F3IN5O6S. The van der Waals surface area contributed by atoms with Gasteiger partial charge in [-0.2, -0.15) is 0 Å². The van der Waals surface area contributed by atoms with Crippen LogP contribution in [0.4, 0.5) is 24.5 Å². The summed E-state index contributed by atoms with van der Waals surface area (Å²) in [6, 6.07) is 13.2. The van der Waals surface area contributed by atoms with Gasteiger partial charge in [-0.1, -0.05) is 83.6 Å². The third kappa shape index (κ3) is 16.9. The van der Waals surface area contributed by atoms with E-state index in [2.05, 4.69) is 27.6 Å². The van der Waals surface area contributed by atoms with Gasteiger partial charge < -0.3 is 30.3 Å². The Kier molecular flexibility index (Phi) is 22.3. The molecule has 1 aromatic heterocycles. The Bertz CT molecular complexity index is 2360. The van der Waals surface area contributed by atoms with Gasteiger partial charge in [-0.05, 0) is 129 Å². The molecule has 70 heavy (non-hydrogen) atoms. The fraction of sp³-hybridized carbons (Fsp3) is 0.537. The molecule has 16 heteroatoms. The van der Waals surface area contributed by atoms with Crippen LogP contribution < -0.4 is 10.6 Å². The van der Waals surface area contributed by atoms with E-state index in [4.69, 9.17) is 4.74 Å². The summed E-state index contributed by atoms with van der Waals surface area (Å²) in [6.07, 6.45) is 9.81. The summed E-state index contributed by atoms with van der Waals surface area (Å²) >= 11 is 3.52. The summed E-state index contributed by atoms with van der Waals surface area (Å²) in [5.74, 6) is -4.75. The van der Waals surface area contributed by atoms with Crippen molar-refractivity contribution in [3.05, 3.63) is 98.0 Å². The number of aliphatic hydroxyl groups is 1. The Morgan fingerprint density at radius 3 is 2.21 bits per heavy atom. The van der Waals surface area contributed by atoms with E-state index in [0.29, 0.717) is 16.6 Å². The highest BCUT2D eigenvalue weighted by molar-refractivity contribution is 14.1. The van der Waals surface area contributed by atoms with Gasteiger partial charge in [-0.25, -0.2) is 18.2 Å². The number of anilines is 2. The summed E-state index contributed by atoms with van der Waals surface area (Å²) in [5, 5.41) is 16.3. The van der Waals surface area contributed by atoms with Crippen LogP contribution in [0.1, 0.15) is 139 Å². The molecule has 0 unspecified atom stereocenters. The zero-order valence-corrected chi connectivity index (χ0v) is 44.5. The van der Waals surface area contributed by atoms with Gasteiger partial charge in [0.2, 0.25) is 11.8 Å². The van der Waals surface area contributed by atoms with Crippen molar-refractivity contribution in [1.29, 1.82) is 0 Å². The van der Waals surface area contributed by atoms with Crippen LogP contribution in [0.5, 0.6) is 0 Å². The zero-order valence-electron chi connectivity index (χ0n) is 41.6. The molecular weight excluding hydrogens is 1030 g/mol. The number of carbonyl (C=O) groups excluding carboxylic acids is 4. The number of ketones is 2. The number of nitrogens with one attached hydrogen (secondary N) is 2. The van der Waals surface area contributed by atoms with Crippen molar-refractivity contribution in [2.75, 3.05) is 45.2 Å². The molecule has 4 aromatic rings. The number of amides is 2. The SMILES string of the molecule is Cc1ncsc1-c1ccc([C@H](C)NC(=O)[C@@H]2C[C@@H](O)CN2C(=O)[C@@H](CC(=O)CCCCCCCCCCN(C)CCCCOCC(=O)c2ccc(F)c(F)c2Nc2ccc(I)cc2F)C(C)(C)C)cc1. The quantitative estimate of drug-likeness (QED) is 0.0288. The third-order valence-electron chi connectivity index (χ3n) is 13.1. The number of Topliss-reactive ketones (excluding diaryl/α,β-unsaturated/α-hetero) is 2. The minimum atomic E-state index is -1.26. The van der Waals surface area contributed by atoms with Gasteiger partial charge >= 0.3 is 0 Å². The molecule has 0 bridgehead atoms. The maximum atomic E-state index is 14.7. The van der Waals surface area contributed by atoms with Crippen molar-refractivity contribution in [1.82, 2.24) is 20.1 Å². The first-order valence-corrected chi connectivity index (χ1v) is 26.6. The fourth-order valence-electron chi connectivity index (χ4n) is 8.83. The van der Waals surface area contributed by atoms with E-state index in [1.165, 1.54) is 23.1 Å². The zero-order chi connectivity index (χ0) is 51.0. The maximum Gasteiger partial charge on any atom is 0.243 e. The average molecular weight is 1100 g/mol. The second kappa shape index (κ2) is 27.6. The van der Waals surface area contributed by atoms with Crippen LogP contribution in [0, 0.1) is 39.3 Å². The predicted molar refractivity (Wildman–Crippen MR) is 280 cm³/mol. The third-order valence-corrected chi connectivity index (χ3v) is 14.7. The molecule has 4 atom stereocenters. The molecule has 0 saturated carbocycles. The fourth-order valence-corrected chi connectivity index (χ4v) is 10.1. The number of hydrogen-bond donors (Lipinski definition) is 3. The van der Waals surface area contributed by atoms with Gasteiger partial charge in [0.1, 0.15) is 24.2 Å². The van der Waals surface area contributed by atoms with E-state index in [1.54, 1.807) is 17.4 Å². The lowest BCUT2D eigenvalue weighted by Gasteiger charge is -2.35. The molecule has 1 aliphatic heterocycles. The van der Waals surface area contributed by atoms with Crippen molar-refractivity contribution >= 4 is 68.7 Å². The first-order valence-electron chi connectivity index (χ1n) is 24.6. The standard InChI is InChI=1S/C54H71F3IN5O6S/c1-35(37-18-20-38(21-19-37)51-36(2)59-34-70-51)60-52(67)47-31-41(65)32-63(47)53(68)43(54(3,4)5)30-40(64)17-13-11-9-7-8-10-12-14-26-62(6)27-15-16-28-69-33-48(66)42-23-24-44(55)49(57)50(42)61-46-25-22-39(58)29-45(46)56/h18-25,29,34-35,41,43,47,61,65H,7-17,26-28,30-33H2,1-6H3,(H,60,67)/t35-,41+,43+,47-/m0/s1. The summed E-state index contributed by atoms with van der Waals surface area (Å²) in [6.45, 7) is 11.7. The van der Waals surface area contributed by atoms with E-state index in [9.17, 15) is 37.5 Å². The molecule has 3 N–H and O–H groups in total. The van der Waals surface area contributed by atoms with Gasteiger partial charge in [0.05, 0.1) is 39.6 Å². The second-order valence-electron chi connectivity index (χ2n) is 19.8. The maximum absolute atomic E-state index is 14.7. The average Bonchev–Trinajstić information content (AvgIpc) is 3.94. The molecule has 2 heterocycles. The first-order chi connectivity index (χ1) is 33.3. The van der Waals surface area contributed by atoms with Crippen LogP contribution in [-0.4, -0.2) is 95.3 Å². The van der Waals surface area contributed by atoms with E-state index in [0.717, 1.165) is 105 Å². The lowest BCUT2D eigenvalue weighted by molar-refractivity contribution is -0.146. The molecule has 1 fully saturated rings. The summed E-state index contributed by atoms with van der Waals surface area (Å²) < 4.78 is 49.4. The lowest BCUT2D eigenvalue weighted by Crippen LogP contribution is -2.50. The Morgan fingerprint density at radius 2 is 1.57 bits per heavy atom. The Hall–Kier alpha value is -4.23. The number of aliphatic hydroxyl groups excluding tert-OH is 1. The number of rotatable bonds is 28. The number of halogens is 4. The van der Waals surface area contributed by atoms with E-state index < -0.39 is 52.4 Å². The molecule has 1 saturated heterocycles. The molecule has 5 rings (SSSR count). The molecule has 1 aliphatic rings. The minimum Gasteiger partial charge on any atom is -0.391 e. The molecule has 3 aromatic carbocycles. The van der Waals surface area contributed by atoms with Crippen LogP contribution in [-0.2, 0) is 19.1 Å². The highest BCUT2D eigenvalue weighted by Gasteiger charge is 2.44. The molecule has 0 aliphatic carbocycles. The number of likely N-dealkylation sites (tertiary alicyclic amines) is 1. The molecule has 382 valence electrons. The Balaban J connectivity index is 0.912. The number of carbonyl (C=O) groups is 4. The van der Waals surface area contributed by atoms with Crippen molar-refractivity contribution in [2.45, 2.75) is 136 Å². The summed E-state index contributed by atoms with van der Waals surface area (Å²) in [5.41, 5.74) is 3.65. The molecule has 11 nitrogen and oxygen atoms in total. The largest absolute Gasteiger partial charge is 0.391 e. The van der Waals surface area contributed by atoms with Gasteiger partial charge in [-0.15, -0.1) is 11.3 Å². The van der Waals surface area contributed by atoms with Crippen LogP contribution in [0.25, 0.3) is 10.4 Å². The summed E-state index contributed by atoms with van der Waals surface area (Å²) in [7, 11) is 2.08. The van der Waals surface area contributed by atoms with Crippen molar-refractivity contribution < 1.29 is 42.2 Å². The van der Waals surface area contributed by atoms with E-state index in [-0.39, 0.29) is 60.9 Å². The van der Waals surface area contributed by atoms with Crippen LogP contribution in [0.2, 0.25) is 0 Å². The minimum absolute atomic E-state index is 0.0478. The number of thiazole rings is 1. The van der Waals surface area contributed by atoms with Gasteiger partial charge in [0, 0.05) is 47.5 Å². The number of aryl methyl sites for hydroxylation is 1. The number of β-amino-alcohol motifs (C(OH)–C–C–N with tert-alkyl or cyclic N) is 1. The number of unbranched alkanes of at least 4 members (excludes halogenated alkanes) is 8. The van der Waals surface area contributed by atoms with E-state index >= 15 is 0 Å². The number of nitrogens with zero attached hydrogens (tertiary/aromatic N) is 3. The number of ether oxygens (including phenoxy) is 1. The number of benzene rings is 3.